The summed E-state index contributed by atoms with van der Waals surface area (Å²) in [6.07, 6.45) is 0.361. The van der Waals surface area contributed by atoms with Gasteiger partial charge in [-0.3, -0.25) is 9.78 Å². The van der Waals surface area contributed by atoms with Crippen molar-refractivity contribution in [3.63, 3.8) is 0 Å². The van der Waals surface area contributed by atoms with Crippen LogP contribution < -0.4 is 5.32 Å². The fraction of sp³-hybridized carbons (Fsp3) is 0.211. The molecule has 0 atom stereocenters. The third kappa shape index (κ3) is 3.21. The molecule has 4 heteroatoms. The molecule has 0 bridgehead atoms. The summed E-state index contributed by atoms with van der Waals surface area (Å²) >= 11 is 0. The fourth-order valence-corrected chi connectivity index (χ4v) is 2.65. The topological polar surface area (TPSA) is 54.9 Å². The third-order valence-electron chi connectivity index (χ3n) is 3.88. The van der Waals surface area contributed by atoms with Crippen LogP contribution in [0.5, 0.6) is 0 Å². The number of amides is 1. The van der Waals surface area contributed by atoms with E-state index in [1.807, 2.05) is 43.3 Å². The number of benzene rings is 1. The van der Waals surface area contributed by atoms with Gasteiger partial charge in [-0.15, -0.1) is 0 Å². The zero-order chi connectivity index (χ0) is 16.4. The van der Waals surface area contributed by atoms with Gasteiger partial charge in [-0.05, 0) is 49.2 Å². The Morgan fingerprint density at radius 1 is 1.04 bits per heavy atom. The summed E-state index contributed by atoms with van der Waals surface area (Å²) in [7, 11) is 1.65. The van der Waals surface area contributed by atoms with Crippen LogP contribution in [0.25, 0.3) is 22.3 Å². The monoisotopic (exact) mass is 305 g/mol. The van der Waals surface area contributed by atoms with Gasteiger partial charge in [0.05, 0.1) is 23.3 Å². The highest BCUT2D eigenvalue weighted by Gasteiger charge is 2.08. The third-order valence-corrected chi connectivity index (χ3v) is 3.88. The molecule has 0 aliphatic rings. The maximum Gasteiger partial charge on any atom is 0.224 e. The molecule has 0 radical (unpaired) electrons. The lowest BCUT2D eigenvalue weighted by Gasteiger charge is -2.08. The maximum absolute atomic E-state index is 11.6. The van der Waals surface area contributed by atoms with Gasteiger partial charge in [0.2, 0.25) is 5.91 Å². The smallest absolute Gasteiger partial charge is 0.224 e. The molecule has 0 spiro atoms. The van der Waals surface area contributed by atoms with E-state index in [-0.39, 0.29) is 5.91 Å². The van der Waals surface area contributed by atoms with Gasteiger partial charge in [-0.1, -0.05) is 18.2 Å². The summed E-state index contributed by atoms with van der Waals surface area (Å²) in [5.41, 5.74) is 5.69. The Morgan fingerprint density at radius 2 is 1.87 bits per heavy atom. The largest absolute Gasteiger partial charge is 0.359 e. The molecule has 0 aliphatic carbocycles. The van der Waals surface area contributed by atoms with Crippen LogP contribution in [0, 0.1) is 13.8 Å². The van der Waals surface area contributed by atoms with E-state index in [1.165, 1.54) is 0 Å². The molecular weight excluding hydrogens is 286 g/mol. The first kappa shape index (κ1) is 15.2. The second-order valence-corrected chi connectivity index (χ2v) is 5.69. The molecule has 2 aromatic heterocycles. The summed E-state index contributed by atoms with van der Waals surface area (Å²) in [6.45, 7) is 4.04. The van der Waals surface area contributed by atoms with Crippen LogP contribution in [0.15, 0.2) is 42.5 Å². The van der Waals surface area contributed by atoms with E-state index in [2.05, 4.69) is 23.3 Å². The van der Waals surface area contributed by atoms with E-state index in [0.717, 1.165) is 39.1 Å². The van der Waals surface area contributed by atoms with Crippen LogP contribution in [0.1, 0.15) is 16.8 Å². The van der Waals surface area contributed by atoms with E-state index in [4.69, 9.17) is 4.98 Å². The number of pyridine rings is 2. The number of carbonyl (C=O) groups is 1. The summed E-state index contributed by atoms with van der Waals surface area (Å²) in [5.74, 6) is -0.00224. The Bertz CT molecular complexity index is 887. The Kier molecular flexibility index (Phi) is 4.06. The van der Waals surface area contributed by atoms with Crippen molar-refractivity contribution in [2.75, 3.05) is 7.05 Å². The van der Waals surface area contributed by atoms with Crippen molar-refractivity contribution >= 4 is 16.8 Å². The first-order valence-electron chi connectivity index (χ1n) is 7.62. The molecular formula is C19H19N3O. The Morgan fingerprint density at radius 3 is 2.61 bits per heavy atom. The van der Waals surface area contributed by atoms with Gasteiger partial charge in [-0.2, -0.15) is 0 Å². The summed E-state index contributed by atoms with van der Waals surface area (Å²) in [4.78, 5) is 20.9. The lowest BCUT2D eigenvalue weighted by atomic mass is 10.0. The Balaban J connectivity index is 2.09. The van der Waals surface area contributed by atoms with Crippen LogP contribution in [0.4, 0.5) is 0 Å². The average molecular weight is 305 g/mol. The van der Waals surface area contributed by atoms with Gasteiger partial charge >= 0.3 is 0 Å². The van der Waals surface area contributed by atoms with Gasteiger partial charge in [-0.25, -0.2) is 4.98 Å². The van der Waals surface area contributed by atoms with Crippen LogP contribution in [-0.2, 0) is 11.2 Å². The van der Waals surface area contributed by atoms with E-state index >= 15 is 0 Å². The van der Waals surface area contributed by atoms with Crippen LogP contribution in [-0.4, -0.2) is 22.9 Å². The number of hydrogen-bond acceptors (Lipinski definition) is 3. The normalized spacial score (nSPS) is 10.7. The molecule has 4 nitrogen and oxygen atoms in total. The Labute approximate surface area is 135 Å². The number of nitrogens with zero attached hydrogens (tertiary/aromatic N) is 2. The molecule has 0 aliphatic heterocycles. The molecule has 116 valence electrons. The van der Waals surface area contributed by atoms with Crippen LogP contribution in [0.3, 0.4) is 0 Å². The van der Waals surface area contributed by atoms with Crippen molar-refractivity contribution in [1.82, 2.24) is 15.3 Å². The predicted molar refractivity (Wildman–Crippen MR) is 92.2 cm³/mol. The zero-order valence-corrected chi connectivity index (χ0v) is 13.6. The number of carbonyl (C=O) groups excluding carboxylic acids is 1. The molecule has 2 heterocycles. The van der Waals surface area contributed by atoms with Crippen molar-refractivity contribution in [2.45, 2.75) is 20.3 Å². The van der Waals surface area contributed by atoms with Gasteiger partial charge in [0, 0.05) is 18.1 Å². The van der Waals surface area contributed by atoms with Gasteiger partial charge in [0.25, 0.3) is 0 Å². The lowest BCUT2D eigenvalue weighted by molar-refractivity contribution is -0.119. The SMILES string of the molecule is CNC(=O)Cc1ccc2c(C)cc(-c3cccc(C)n3)nc2c1. The summed E-state index contributed by atoms with van der Waals surface area (Å²) < 4.78 is 0. The highest BCUT2D eigenvalue weighted by atomic mass is 16.1. The minimum atomic E-state index is -0.00224. The average Bonchev–Trinajstić information content (AvgIpc) is 2.54. The van der Waals surface area contributed by atoms with Gasteiger partial charge in [0.1, 0.15) is 0 Å². The van der Waals surface area contributed by atoms with Crippen molar-refractivity contribution in [2.24, 2.45) is 0 Å². The molecule has 3 rings (SSSR count). The highest BCUT2D eigenvalue weighted by molar-refractivity contribution is 5.86. The molecule has 1 amide bonds. The van der Waals surface area contributed by atoms with E-state index in [9.17, 15) is 4.79 Å². The Hall–Kier alpha value is -2.75. The molecule has 1 aromatic carbocycles. The molecule has 23 heavy (non-hydrogen) atoms. The van der Waals surface area contributed by atoms with Crippen molar-refractivity contribution in [3.05, 3.63) is 59.3 Å². The second kappa shape index (κ2) is 6.16. The maximum atomic E-state index is 11.6. The van der Waals surface area contributed by atoms with E-state index in [1.54, 1.807) is 7.05 Å². The number of likely N-dealkylation sites (N-methyl/N-ethyl adjacent to an activating group) is 1. The standard InChI is InChI=1S/C19H19N3O/c1-12-9-18(16-6-4-5-13(2)21-16)22-17-10-14(7-8-15(12)17)11-19(23)20-3/h4-10H,11H2,1-3H3,(H,20,23). The van der Waals surface area contributed by atoms with Gasteiger partial charge in [0.15, 0.2) is 0 Å². The molecule has 3 aromatic rings. The van der Waals surface area contributed by atoms with Gasteiger partial charge < -0.3 is 5.32 Å². The zero-order valence-electron chi connectivity index (χ0n) is 13.6. The minimum absolute atomic E-state index is 0.00224. The molecule has 0 unspecified atom stereocenters. The van der Waals surface area contributed by atoms with Crippen LogP contribution in [0.2, 0.25) is 0 Å². The second-order valence-electron chi connectivity index (χ2n) is 5.69. The molecule has 0 saturated heterocycles. The van der Waals surface area contributed by atoms with Crippen molar-refractivity contribution in [3.8, 4) is 11.4 Å². The van der Waals surface area contributed by atoms with E-state index in [0.29, 0.717) is 6.42 Å². The predicted octanol–water partition coefficient (Wildman–Crippen LogP) is 3.20. The number of aromatic nitrogens is 2. The number of hydrogen-bond donors (Lipinski definition) is 1. The summed E-state index contributed by atoms with van der Waals surface area (Å²) in [6, 6.07) is 14.0. The van der Waals surface area contributed by atoms with Crippen molar-refractivity contribution in [1.29, 1.82) is 0 Å². The fourth-order valence-electron chi connectivity index (χ4n) is 2.65. The number of fused-ring (bicyclic) bond motifs is 1. The number of aryl methyl sites for hydroxylation is 2. The highest BCUT2D eigenvalue weighted by Crippen LogP contribution is 2.24. The minimum Gasteiger partial charge on any atom is -0.359 e. The number of nitrogens with one attached hydrogen (secondary N) is 1. The van der Waals surface area contributed by atoms with E-state index < -0.39 is 0 Å². The lowest BCUT2D eigenvalue weighted by Crippen LogP contribution is -2.19. The molecule has 1 N–H and O–H groups in total. The molecule has 0 fully saturated rings. The number of rotatable bonds is 3. The van der Waals surface area contributed by atoms with Crippen molar-refractivity contribution < 1.29 is 4.79 Å². The first-order valence-corrected chi connectivity index (χ1v) is 7.62. The van der Waals surface area contributed by atoms with Crippen LogP contribution >= 0.6 is 0 Å². The summed E-state index contributed by atoms with van der Waals surface area (Å²) in [5, 5.41) is 3.75. The quantitative estimate of drug-likeness (QED) is 0.808. The molecule has 0 saturated carbocycles. The first-order chi connectivity index (χ1) is 11.1.